The van der Waals surface area contributed by atoms with Gasteiger partial charge in [0.05, 0.1) is 5.69 Å². The van der Waals surface area contributed by atoms with Crippen LogP contribution in [-0.2, 0) is 10.0 Å². The molecule has 2 aromatic carbocycles. The maximum Gasteiger partial charge on any atom is 0.272 e. The molecule has 0 unspecified atom stereocenters. The van der Waals surface area contributed by atoms with E-state index in [1.807, 2.05) is 24.0 Å². The summed E-state index contributed by atoms with van der Waals surface area (Å²) < 4.78 is 41.0. The van der Waals surface area contributed by atoms with Crippen LogP contribution in [0.2, 0.25) is 0 Å². The minimum absolute atomic E-state index is 0.108. The molecule has 0 saturated carbocycles. The molecule has 1 aromatic heterocycles. The van der Waals surface area contributed by atoms with Crippen molar-refractivity contribution in [2.75, 3.05) is 36.4 Å². The highest BCUT2D eigenvalue weighted by Gasteiger charge is 2.32. The Hall–Kier alpha value is -2.89. The number of rotatable bonds is 5. The Morgan fingerprint density at radius 2 is 1.71 bits per heavy atom. The van der Waals surface area contributed by atoms with E-state index in [1.165, 1.54) is 10.4 Å². The second kappa shape index (κ2) is 8.69. The number of hydrogen-bond acceptors (Lipinski definition) is 7. The first-order valence-electron chi connectivity index (χ1n) is 9.56. The van der Waals surface area contributed by atoms with Gasteiger partial charge in [-0.15, -0.1) is 10.2 Å². The highest BCUT2D eigenvalue weighted by molar-refractivity contribution is 7.91. The fraction of sp³-hybridized carbons (Fsp3) is 0.250. The molecule has 162 valence electrons. The number of sulfonamides is 1. The van der Waals surface area contributed by atoms with E-state index in [-0.39, 0.29) is 34.3 Å². The lowest BCUT2D eigenvalue weighted by Crippen LogP contribution is -2.48. The van der Waals surface area contributed by atoms with Crippen molar-refractivity contribution < 1.29 is 17.6 Å². The van der Waals surface area contributed by atoms with Crippen molar-refractivity contribution in [2.24, 2.45) is 0 Å². The van der Waals surface area contributed by atoms with Gasteiger partial charge in [-0.3, -0.25) is 10.1 Å². The number of nitrogens with one attached hydrogen (secondary N) is 1. The minimum Gasteiger partial charge on any atom is -0.367 e. The molecule has 2 heterocycles. The van der Waals surface area contributed by atoms with Gasteiger partial charge in [0.1, 0.15) is 5.82 Å². The predicted molar refractivity (Wildman–Crippen MR) is 116 cm³/mol. The highest BCUT2D eigenvalue weighted by Crippen LogP contribution is 2.26. The molecule has 0 bridgehead atoms. The Labute approximate surface area is 183 Å². The molecule has 1 aliphatic rings. The van der Waals surface area contributed by atoms with Gasteiger partial charge in [0.25, 0.3) is 15.9 Å². The van der Waals surface area contributed by atoms with E-state index in [9.17, 15) is 17.6 Å². The zero-order valence-corrected chi connectivity index (χ0v) is 18.3. The third kappa shape index (κ3) is 4.43. The zero-order valence-electron chi connectivity index (χ0n) is 16.7. The second-order valence-corrected chi connectivity index (χ2v) is 10.1. The van der Waals surface area contributed by atoms with E-state index < -0.39 is 10.0 Å². The first kappa shape index (κ1) is 21.3. The molecule has 11 heteroatoms. The normalized spacial score (nSPS) is 15.1. The summed E-state index contributed by atoms with van der Waals surface area (Å²) in [5.74, 6) is -0.714. The monoisotopic (exact) mass is 461 g/mol. The van der Waals surface area contributed by atoms with E-state index in [1.54, 1.807) is 30.3 Å². The van der Waals surface area contributed by atoms with Crippen LogP contribution in [0.1, 0.15) is 15.9 Å². The van der Waals surface area contributed by atoms with Crippen molar-refractivity contribution in [3.8, 4) is 0 Å². The van der Waals surface area contributed by atoms with Gasteiger partial charge in [-0.25, -0.2) is 12.8 Å². The van der Waals surface area contributed by atoms with Gasteiger partial charge >= 0.3 is 0 Å². The number of carbonyl (C=O) groups excluding carboxylic acids is 1. The number of para-hydroxylation sites is 1. The van der Waals surface area contributed by atoms with Gasteiger partial charge in [-0.05, 0) is 30.7 Å². The first-order chi connectivity index (χ1) is 14.9. The van der Waals surface area contributed by atoms with E-state index in [0.29, 0.717) is 24.3 Å². The van der Waals surface area contributed by atoms with Crippen LogP contribution in [0.4, 0.5) is 15.2 Å². The van der Waals surface area contributed by atoms with Crippen LogP contribution in [-0.4, -0.2) is 55.0 Å². The summed E-state index contributed by atoms with van der Waals surface area (Å²) in [4.78, 5) is 14.2. The first-order valence-corrected chi connectivity index (χ1v) is 11.8. The van der Waals surface area contributed by atoms with Gasteiger partial charge in [0.15, 0.2) is 0 Å². The minimum atomic E-state index is -3.86. The molecule has 8 nitrogen and oxygen atoms in total. The molecular weight excluding hydrogens is 441 g/mol. The van der Waals surface area contributed by atoms with Gasteiger partial charge in [0.2, 0.25) is 9.47 Å². The Kier molecular flexibility index (Phi) is 5.99. The molecule has 4 rings (SSSR count). The molecule has 0 aliphatic carbocycles. The third-order valence-electron chi connectivity index (χ3n) is 5.01. The van der Waals surface area contributed by atoms with Gasteiger partial charge in [-0.1, -0.05) is 41.7 Å². The maximum atomic E-state index is 14.0. The number of piperazine rings is 1. The lowest BCUT2D eigenvalue weighted by atomic mass is 10.1. The van der Waals surface area contributed by atoms with Crippen LogP contribution in [0.3, 0.4) is 0 Å². The lowest BCUT2D eigenvalue weighted by molar-refractivity contribution is 0.102. The summed E-state index contributed by atoms with van der Waals surface area (Å²) in [6.07, 6.45) is 0. The Bertz CT molecular complexity index is 1210. The molecule has 1 N–H and O–H groups in total. The number of aromatic nitrogens is 2. The summed E-state index contributed by atoms with van der Waals surface area (Å²) in [5, 5.41) is 10.3. The van der Waals surface area contributed by atoms with Crippen molar-refractivity contribution in [2.45, 2.75) is 11.3 Å². The number of amides is 1. The van der Waals surface area contributed by atoms with E-state index >= 15 is 0 Å². The molecule has 3 aromatic rings. The van der Waals surface area contributed by atoms with Crippen molar-refractivity contribution in [3.63, 3.8) is 0 Å². The summed E-state index contributed by atoms with van der Waals surface area (Å²) in [7, 11) is -3.86. The van der Waals surface area contributed by atoms with Crippen LogP contribution in [0.5, 0.6) is 0 Å². The summed E-state index contributed by atoms with van der Waals surface area (Å²) in [6, 6.07) is 13.5. The number of benzene rings is 2. The van der Waals surface area contributed by atoms with Crippen LogP contribution >= 0.6 is 11.3 Å². The molecule has 0 spiro atoms. The molecule has 31 heavy (non-hydrogen) atoms. The smallest absolute Gasteiger partial charge is 0.272 e. The average Bonchev–Trinajstić information content (AvgIpc) is 3.24. The molecular formula is C20H20FN5O3S2. The average molecular weight is 462 g/mol. The van der Waals surface area contributed by atoms with Crippen molar-refractivity contribution in [3.05, 3.63) is 65.5 Å². The molecule has 0 atom stereocenters. The number of carbonyl (C=O) groups is 1. The Morgan fingerprint density at radius 3 is 2.42 bits per heavy atom. The number of halogens is 1. The standard InChI is InChI=1S/C20H20FN5O3S2/c1-14-6-2-3-7-15(14)18(27)22-19-23-24-20(30-19)31(28,29)26-12-10-25(11-13-26)17-9-5-4-8-16(17)21/h2-9H,10-13H2,1H3,(H,22,23,27). The topological polar surface area (TPSA) is 95.5 Å². The zero-order chi connectivity index (χ0) is 22.0. The van der Waals surface area contributed by atoms with Gasteiger partial charge < -0.3 is 4.90 Å². The van der Waals surface area contributed by atoms with Crippen LogP contribution in [0, 0.1) is 12.7 Å². The predicted octanol–water partition coefficient (Wildman–Crippen LogP) is 2.75. The number of aryl methyl sites for hydroxylation is 1. The quantitative estimate of drug-likeness (QED) is 0.587. The maximum absolute atomic E-state index is 14.0. The van der Waals surface area contributed by atoms with E-state index in [2.05, 4.69) is 15.5 Å². The van der Waals surface area contributed by atoms with Crippen LogP contribution < -0.4 is 10.2 Å². The summed E-state index contributed by atoms with van der Waals surface area (Å²) in [6.45, 7) is 2.92. The largest absolute Gasteiger partial charge is 0.367 e. The summed E-state index contributed by atoms with van der Waals surface area (Å²) in [5.41, 5.74) is 1.73. The van der Waals surface area contributed by atoms with Crippen molar-refractivity contribution in [1.82, 2.24) is 14.5 Å². The van der Waals surface area contributed by atoms with E-state index in [0.717, 1.165) is 16.9 Å². The van der Waals surface area contributed by atoms with Crippen molar-refractivity contribution in [1.29, 1.82) is 0 Å². The number of hydrogen-bond donors (Lipinski definition) is 1. The van der Waals surface area contributed by atoms with Crippen LogP contribution in [0.15, 0.2) is 52.9 Å². The fourth-order valence-corrected chi connectivity index (χ4v) is 5.80. The molecule has 1 saturated heterocycles. The van der Waals surface area contributed by atoms with E-state index in [4.69, 9.17) is 0 Å². The van der Waals surface area contributed by atoms with Gasteiger partial charge in [0, 0.05) is 31.7 Å². The summed E-state index contributed by atoms with van der Waals surface area (Å²) >= 11 is 0.805. The number of nitrogens with zero attached hydrogens (tertiary/aromatic N) is 4. The van der Waals surface area contributed by atoms with Gasteiger partial charge in [-0.2, -0.15) is 4.31 Å². The lowest BCUT2D eigenvalue weighted by Gasteiger charge is -2.34. The second-order valence-electron chi connectivity index (χ2n) is 6.98. The highest BCUT2D eigenvalue weighted by atomic mass is 32.2. The fourth-order valence-electron chi connectivity index (χ4n) is 3.34. The Balaban J connectivity index is 1.43. The number of anilines is 2. The van der Waals surface area contributed by atoms with Crippen LogP contribution in [0.25, 0.3) is 0 Å². The molecule has 0 radical (unpaired) electrons. The molecule has 1 amide bonds. The van der Waals surface area contributed by atoms with Crippen molar-refractivity contribution >= 4 is 38.1 Å². The molecule has 1 aliphatic heterocycles. The third-order valence-corrected chi connectivity index (χ3v) is 8.09. The SMILES string of the molecule is Cc1ccccc1C(=O)Nc1nnc(S(=O)(=O)N2CCN(c3ccccc3F)CC2)s1. The molecule has 1 fully saturated rings. The Morgan fingerprint density at radius 1 is 1.03 bits per heavy atom.